The van der Waals surface area contributed by atoms with E-state index in [1.165, 1.54) is 0 Å². The standard InChI is InChI=1S/C23H28ClN3O4/c1-13-10-16(6-7-18(13)24)20(28)19-11-29-23(4,5)31-15(3)22(30-19)27-9-8-17-14(2)25-12-26-21(17)27/h6-10,12,15,19-20,22,28H,11H2,1-5H3/t15?,19?,20-,22-/m1/s1. The minimum absolute atomic E-state index is 0.159. The summed E-state index contributed by atoms with van der Waals surface area (Å²) in [6.07, 6.45) is 1.03. The van der Waals surface area contributed by atoms with Crippen LogP contribution in [0.2, 0.25) is 5.02 Å². The maximum absolute atomic E-state index is 11.2. The minimum Gasteiger partial charge on any atom is -0.386 e. The Kier molecular flexibility index (Phi) is 6.07. The lowest BCUT2D eigenvalue weighted by Gasteiger charge is -2.40. The van der Waals surface area contributed by atoms with Crippen LogP contribution in [0.3, 0.4) is 0 Å². The number of aliphatic hydroxyl groups is 1. The summed E-state index contributed by atoms with van der Waals surface area (Å²) in [5.74, 6) is -0.844. The molecule has 3 heterocycles. The van der Waals surface area contributed by atoms with E-state index in [-0.39, 0.29) is 12.7 Å². The number of aromatic nitrogens is 3. The number of aryl methyl sites for hydroxylation is 2. The number of fused-ring (bicyclic) bond motifs is 1. The van der Waals surface area contributed by atoms with Crippen LogP contribution in [0.15, 0.2) is 36.8 Å². The number of hydrogen-bond acceptors (Lipinski definition) is 6. The molecule has 1 fully saturated rings. The van der Waals surface area contributed by atoms with Crippen molar-refractivity contribution in [1.29, 1.82) is 0 Å². The second kappa shape index (κ2) is 8.48. The highest BCUT2D eigenvalue weighted by atomic mass is 35.5. The fourth-order valence-corrected chi connectivity index (χ4v) is 4.10. The normalized spacial score (nSPS) is 25.2. The number of aliphatic hydroxyl groups excluding tert-OH is 1. The first-order valence-corrected chi connectivity index (χ1v) is 10.7. The average molecular weight is 446 g/mol. The van der Waals surface area contributed by atoms with E-state index >= 15 is 0 Å². The van der Waals surface area contributed by atoms with E-state index < -0.39 is 24.2 Å². The Labute approximate surface area is 186 Å². The van der Waals surface area contributed by atoms with Gasteiger partial charge in [0.1, 0.15) is 30.3 Å². The molecule has 4 atom stereocenters. The SMILES string of the molecule is Cc1cc([C@@H](O)C2COC(C)(C)OC(C)[C@H](n3ccc4c(C)ncnc43)O2)ccc1Cl. The first-order valence-electron chi connectivity index (χ1n) is 10.4. The van der Waals surface area contributed by atoms with E-state index in [2.05, 4.69) is 9.97 Å². The molecule has 0 bridgehead atoms. The largest absolute Gasteiger partial charge is 0.386 e. The lowest BCUT2D eigenvalue weighted by Crippen LogP contribution is -2.45. The average Bonchev–Trinajstić information content (AvgIpc) is 3.13. The Hall–Kier alpha value is -2.03. The lowest BCUT2D eigenvalue weighted by atomic mass is 10.0. The highest BCUT2D eigenvalue weighted by Gasteiger charge is 2.38. The van der Waals surface area contributed by atoms with Gasteiger partial charge in [0.2, 0.25) is 0 Å². The Morgan fingerprint density at radius 1 is 1.23 bits per heavy atom. The minimum atomic E-state index is -0.905. The molecular weight excluding hydrogens is 418 g/mol. The van der Waals surface area contributed by atoms with Crippen LogP contribution in [0.1, 0.15) is 49.9 Å². The monoisotopic (exact) mass is 445 g/mol. The van der Waals surface area contributed by atoms with Crippen LogP contribution in [0.25, 0.3) is 11.0 Å². The zero-order valence-corrected chi connectivity index (χ0v) is 19.1. The second-order valence-electron chi connectivity index (χ2n) is 8.47. The molecule has 0 amide bonds. The number of rotatable bonds is 3. The summed E-state index contributed by atoms with van der Waals surface area (Å²) in [4.78, 5) is 8.73. The predicted octanol–water partition coefficient (Wildman–Crippen LogP) is 4.49. The van der Waals surface area contributed by atoms with Gasteiger partial charge in [-0.3, -0.25) is 0 Å². The summed E-state index contributed by atoms with van der Waals surface area (Å²) in [6.45, 7) is 9.66. The molecule has 3 aromatic rings. The quantitative estimate of drug-likeness (QED) is 0.639. The maximum Gasteiger partial charge on any atom is 0.163 e. The van der Waals surface area contributed by atoms with Crippen molar-refractivity contribution in [3.63, 3.8) is 0 Å². The molecule has 0 aliphatic carbocycles. The van der Waals surface area contributed by atoms with Gasteiger partial charge in [0.25, 0.3) is 0 Å². The third-order valence-electron chi connectivity index (χ3n) is 5.64. The summed E-state index contributed by atoms with van der Waals surface area (Å²) in [7, 11) is 0. The van der Waals surface area contributed by atoms with Gasteiger partial charge in [-0.1, -0.05) is 23.7 Å². The van der Waals surface area contributed by atoms with Gasteiger partial charge < -0.3 is 23.9 Å². The first-order chi connectivity index (χ1) is 14.7. The van der Waals surface area contributed by atoms with Gasteiger partial charge in [0.15, 0.2) is 12.0 Å². The topological polar surface area (TPSA) is 78.6 Å². The van der Waals surface area contributed by atoms with E-state index in [1.54, 1.807) is 12.4 Å². The predicted molar refractivity (Wildman–Crippen MR) is 118 cm³/mol. The van der Waals surface area contributed by atoms with Crippen LogP contribution in [-0.4, -0.2) is 44.2 Å². The molecule has 8 heteroatoms. The van der Waals surface area contributed by atoms with Crippen molar-refractivity contribution in [3.8, 4) is 0 Å². The number of ether oxygens (including phenoxy) is 3. The summed E-state index contributed by atoms with van der Waals surface area (Å²) >= 11 is 6.16. The molecule has 1 aliphatic heterocycles. The van der Waals surface area contributed by atoms with E-state index in [0.29, 0.717) is 5.02 Å². The van der Waals surface area contributed by atoms with Gasteiger partial charge in [-0.05, 0) is 57.9 Å². The first kappa shape index (κ1) is 22.2. The Bertz CT molecular complexity index is 1080. The fraction of sp³-hybridized carbons (Fsp3) is 0.478. The van der Waals surface area contributed by atoms with Crippen LogP contribution < -0.4 is 0 Å². The Balaban J connectivity index is 1.72. The van der Waals surface area contributed by atoms with Gasteiger partial charge in [0.05, 0.1) is 12.3 Å². The second-order valence-corrected chi connectivity index (χ2v) is 8.88. The van der Waals surface area contributed by atoms with Crippen LogP contribution in [0.4, 0.5) is 0 Å². The molecule has 1 aromatic carbocycles. The maximum atomic E-state index is 11.2. The molecular formula is C23H28ClN3O4. The van der Waals surface area contributed by atoms with Crippen LogP contribution in [0.5, 0.6) is 0 Å². The van der Waals surface area contributed by atoms with Crippen molar-refractivity contribution < 1.29 is 19.3 Å². The molecule has 2 unspecified atom stereocenters. The molecule has 7 nitrogen and oxygen atoms in total. The van der Waals surface area contributed by atoms with Gasteiger partial charge >= 0.3 is 0 Å². The summed E-state index contributed by atoms with van der Waals surface area (Å²) < 4.78 is 20.5. The van der Waals surface area contributed by atoms with Crippen molar-refractivity contribution in [2.45, 2.75) is 64.9 Å². The Morgan fingerprint density at radius 2 is 2.00 bits per heavy atom. The number of nitrogens with zero attached hydrogens (tertiary/aromatic N) is 3. The molecule has 0 spiro atoms. The van der Waals surface area contributed by atoms with Crippen molar-refractivity contribution in [2.75, 3.05) is 6.61 Å². The molecule has 1 aliphatic rings. The zero-order chi connectivity index (χ0) is 22.3. The lowest BCUT2D eigenvalue weighted by molar-refractivity contribution is -0.309. The smallest absolute Gasteiger partial charge is 0.163 e. The number of halogens is 1. The van der Waals surface area contributed by atoms with Crippen LogP contribution >= 0.6 is 11.6 Å². The summed E-state index contributed by atoms with van der Waals surface area (Å²) in [6, 6.07) is 7.43. The van der Waals surface area contributed by atoms with E-state index in [9.17, 15) is 5.11 Å². The fourth-order valence-electron chi connectivity index (χ4n) is 3.98. The molecule has 31 heavy (non-hydrogen) atoms. The van der Waals surface area contributed by atoms with Crippen molar-refractivity contribution in [3.05, 3.63) is 58.6 Å². The Morgan fingerprint density at radius 3 is 2.74 bits per heavy atom. The highest BCUT2D eigenvalue weighted by molar-refractivity contribution is 6.31. The van der Waals surface area contributed by atoms with Gasteiger partial charge in [-0.2, -0.15) is 0 Å². The number of hydrogen-bond donors (Lipinski definition) is 1. The third kappa shape index (κ3) is 4.47. The van der Waals surface area contributed by atoms with Crippen molar-refractivity contribution >= 4 is 22.6 Å². The van der Waals surface area contributed by atoms with Crippen LogP contribution in [-0.2, 0) is 14.2 Å². The van der Waals surface area contributed by atoms with Crippen LogP contribution in [0, 0.1) is 13.8 Å². The van der Waals surface area contributed by atoms with Crippen molar-refractivity contribution in [1.82, 2.24) is 14.5 Å². The van der Waals surface area contributed by atoms with Gasteiger partial charge in [-0.25, -0.2) is 9.97 Å². The van der Waals surface area contributed by atoms with E-state index in [0.717, 1.165) is 27.9 Å². The highest BCUT2D eigenvalue weighted by Crippen LogP contribution is 2.34. The van der Waals surface area contributed by atoms with E-state index in [1.807, 2.05) is 63.6 Å². The molecule has 1 saturated heterocycles. The summed E-state index contributed by atoms with van der Waals surface area (Å²) in [5, 5.41) is 12.8. The molecule has 4 rings (SSSR count). The molecule has 0 saturated carbocycles. The molecule has 1 N–H and O–H groups in total. The van der Waals surface area contributed by atoms with E-state index in [4.69, 9.17) is 25.8 Å². The number of benzene rings is 1. The molecule has 166 valence electrons. The zero-order valence-electron chi connectivity index (χ0n) is 18.4. The van der Waals surface area contributed by atoms with Gasteiger partial charge in [-0.15, -0.1) is 0 Å². The summed E-state index contributed by atoms with van der Waals surface area (Å²) in [5.41, 5.74) is 3.25. The molecule has 2 aromatic heterocycles. The van der Waals surface area contributed by atoms with Gasteiger partial charge in [0, 0.05) is 16.6 Å². The third-order valence-corrected chi connectivity index (χ3v) is 6.06. The molecule has 0 radical (unpaired) electrons. The van der Waals surface area contributed by atoms with Crippen molar-refractivity contribution in [2.24, 2.45) is 0 Å².